The third kappa shape index (κ3) is 2.70. The predicted octanol–water partition coefficient (Wildman–Crippen LogP) is 0.438. The second-order valence-corrected chi connectivity index (χ2v) is 2.91. The van der Waals surface area contributed by atoms with Crippen LogP contribution in [0.2, 0.25) is 0 Å². The molecular weight excluding hydrogens is 156 g/mol. The number of hydrogen-bond donors (Lipinski definition) is 1. The van der Waals surface area contributed by atoms with Crippen LogP contribution in [0.3, 0.4) is 0 Å². The fourth-order valence-corrected chi connectivity index (χ4v) is 1.25. The van der Waals surface area contributed by atoms with Crippen molar-refractivity contribution in [3.8, 4) is 0 Å². The van der Waals surface area contributed by atoms with E-state index < -0.39 is 0 Å². The van der Waals surface area contributed by atoms with Crippen LogP contribution < -0.4 is 5.32 Å². The van der Waals surface area contributed by atoms with Crippen molar-refractivity contribution in [1.29, 1.82) is 0 Å². The summed E-state index contributed by atoms with van der Waals surface area (Å²) in [4.78, 5) is 12.8. The average molecular weight is 172 g/mol. The van der Waals surface area contributed by atoms with E-state index in [0.29, 0.717) is 6.61 Å². The first-order valence-corrected chi connectivity index (χ1v) is 4.41. The van der Waals surface area contributed by atoms with Crippen molar-refractivity contribution < 1.29 is 9.53 Å². The minimum absolute atomic E-state index is 0.155. The van der Waals surface area contributed by atoms with Gasteiger partial charge >= 0.3 is 6.09 Å². The molecular formula is C8H16N2O2. The predicted molar refractivity (Wildman–Crippen MR) is 46.1 cm³/mol. The van der Waals surface area contributed by atoms with Gasteiger partial charge in [0.25, 0.3) is 0 Å². The Morgan fingerprint density at radius 1 is 1.67 bits per heavy atom. The summed E-state index contributed by atoms with van der Waals surface area (Å²) in [6, 6.07) is 0. The number of nitrogens with zero attached hydrogens (tertiary/aromatic N) is 1. The van der Waals surface area contributed by atoms with Crippen molar-refractivity contribution in [1.82, 2.24) is 10.2 Å². The maximum absolute atomic E-state index is 11.1. The lowest BCUT2D eigenvalue weighted by molar-refractivity contribution is 0.0726. The Labute approximate surface area is 72.9 Å². The van der Waals surface area contributed by atoms with Gasteiger partial charge in [0, 0.05) is 13.1 Å². The van der Waals surface area contributed by atoms with Gasteiger partial charge < -0.3 is 15.0 Å². The van der Waals surface area contributed by atoms with Gasteiger partial charge in [-0.2, -0.15) is 0 Å². The highest BCUT2D eigenvalue weighted by Crippen LogP contribution is 2.04. The monoisotopic (exact) mass is 172 g/mol. The van der Waals surface area contributed by atoms with Gasteiger partial charge in [0.2, 0.25) is 0 Å². The topological polar surface area (TPSA) is 41.6 Å². The molecule has 1 N–H and O–H groups in total. The Morgan fingerprint density at radius 2 is 2.50 bits per heavy atom. The van der Waals surface area contributed by atoms with Crippen molar-refractivity contribution in [2.45, 2.75) is 12.8 Å². The lowest BCUT2D eigenvalue weighted by Gasteiger charge is -2.26. The zero-order valence-corrected chi connectivity index (χ0v) is 7.51. The SMILES string of the molecule is CNCCCN1CCCOC1=O. The van der Waals surface area contributed by atoms with Crippen LogP contribution in [0.15, 0.2) is 0 Å². The highest BCUT2D eigenvalue weighted by atomic mass is 16.6. The maximum atomic E-state index is 11.1. The largest absolute Gasteiger partial charge is 0.449 e. The molecule has 12 heavy (non-hydrogen) atoms. The quantitative estimate of drug-likeness (QED) is 0.625. The zero-order chi connectivity index (χ0) is 8.81. The lowest BCUT2D eigenvalue weighted by Crippen LogP contribution is -2.38. The van der Waals surface area contributed by atoms with Gasteiger partial charge in [-0.15, -0.1) is 0 Å². The number of nitrogens with one attached hydrogen (secondary N) is 1. The summed E-state index contributed by atoms with van der Waals surface area (Å²) in [6.07, 6.45) is 1.80. The molecule has 0 saturated carbocycles. The molecule has 0 aliphatic carbocycles. The minimum atomic E-state index is -0.155. The normalized spacial score (nSPS) is 17.8. The van der Waals surface area contributed by atoms with E-state index in [-0.39, 0.29) is 6.09 Å². The summed E-state index contributed by atoms with van der Waals surface area (Å²) in [5.41, 5.74) is 0. The first-order valence-electron chi connectivity index (χ1n) is 4.41. The van der Waals surface area contributed by atoms with Gasteiger partial charge in [0.05, 0.1) is 6.61 Å². The molecule has 0 unspecified atom stereocenters. The Balaban J connectivity index is 2.16. The van der Waals surface area contributed by atoms with Crippen LogP contribution in [0, 0.1) is 0 Å². The first-order chi connectivity index (χ1) is 5.84. The van der Waals surface area contributed by atoms with Crippen molar-refractivity contribution >= 4 is 6.09 Å². The van der Waals surface area contributed by atoms with E-state index in [1.807, 2.05) is 7.05 Å². The number of carbonyl (C=O) groups is 1. The van der Waals surface area contributed by atoms with Gasteiger partial charge in [0.15, 0.2) is 0 Å². The number of amides is 1. The van der Waals surface area contributed by atoms with E-state index in [0.717, 1.165) is 32.5 Å². The van der Waals surface area contributed by atoms with E-state index in [9.17, 15) is 4.79 Å². The molecule has 0 aromatic rings. The fourth-order valence-electron chi connectivity index (χ4n) is 1.25. The van der Waals surface area contributed by atoms with Gasteiger partial charge in [-0.1, -0.05) is 0 Å². The third-order valence-electron chi connectivity index (χ3n) is 1.91. The first kappa shape index (κ1) is 9.32. The van der Waals surface area contributed by atoms with Gasteiger partial charge in [-0.3, -0.25) is 0 Å². The standard InChI is InChI=1S/C8H16N2O2/c1-9-4-2-5-10-6-3-7-12-8(10)11/h9H,2-7H2,1H3. The third-order valence-corrected chi connectivity index (χ3v) is 1.91. The van der Waals surface area contributed by atoms with Crippen LogP contribution in [0.5, 0.6) is 0 Å². The van der Waals surface area contributed by atoms with Crippen LogP contribution in [0.4, 0.5) is 4.79 Å². The molecule has 0 spiro atoms. The van der Waals surface area contributed by atoms with Gasteiger partial charge in [0.1, 0.15) is 0 Å². The van der Waals surface area contributed by atoms with Crippen LogP contribution >= 0.6 is 0 Å². The minimum Gasteiger partial charge on any atom is -0.449 e. The summed E-state index contributed by atoms with van der Waals surface area (Å²) in [5, 5.41) is 3.04. The number of cyclic esters (lactones) is 1. The van der Waals surface area contributed by atoms with Crippen molar-refractivity contribution in [2.24, 2.45) is 0 Å². The molecule has 1 amide bonds. The van der Waals surface area contributed by atoms with E-state index in [1.54, 1.807) is 4.90 Å². The Morgan fingerprint density at radius 3 is 3.17 bits per heavy atom. The Hall–Kier alpha value is -0.770. The summed E-state index contributed by atoms with van der Waals surface area (Å²) >= 11 is 0. The molecule has 0 aromatic carbocycles. The number of rotatable bonds is 4. The van der Waals surface area contributed by atoms with Crippen LogP contribution in [-0.4, -0.2) is 44.3 Å². The highest BCUT2D eigenvalue weighted by molar-refractivity contribution is 5.68. The molecule has 0 atom stereocenters. The Bertz CT molecular complexity index is 150. The van der Waals surface area contributed by atoms with E-state index >= 15 is 0 Å². The molecule has 1 rings (SSSR count). The van der Waals surface area contributed by atoms with Gasteiger partial charge in [-0.05, 0) is 26.4 Å². The molecule has 0 bridgehead atoms. The van der Waals surface area contributed by atoms with E-state index in [4.69, 9.17) is 4.74 Å². The average Bonchev–Trinajstić information content (AvgIpc) is 2.09. The van der Waals surface area contributed by atoms with Crippen LogP contribution in [0.25, 0.3) is 0 Å². The molecule has 70 valence electrons. The molecule has 0 aromatic heterocycles. The number of carbonyl (C=O) groups excluding carboxylic acids is 1. The smallest absolute Gasteiger partial charge is 0.409 e. The van der Waals surface area contributed by atoms with Crippen molar-refractivity contribution in [2.75, 3.05) is 33.3 Å². The molecule has 1 saturated heterocycles. The summed E-state index contributed by atoms with van der Waals surface area (Å²) < 4.78 is 4.89. The molecule has 1 heterocycles. The molecule has 4 nitrogen and oxygen atoms in total. The van der Waals surface area contributed by atoms with Crippen molar-refractivity contribution in [3.05, 3.63) is 0 Å². The second kappa shape index (κ2) is 4.98. The highest BCUT2D eigenvalue weighted by Gasteiger charge is 2.18. The van der Waals surface area contributed by atoms with Gasteiger partial charge in [-0.25, -0.2) is 4.79 Å². The van der Waals surface area contributed by atoms with Crippen LogP contribution in [-0.2, 0) is 4.74 Å². The molecule has 1 fully saturated rings. The molecule has 1 aliphatic rings. The summed E-state index contributed by atoms with van der Waals surface area (Å²) in [6.45, 7) is 3.19. The fraction of sp³-hybridized carbons (Fsp3) is 0.875. The lowest BCUT2D eigenvalue weighted by atomic mass is 10.3. The maximum Gasteiger partial charge on any atom is 0.409 e. The molecule has 1 aliphatic heterocycles. The molecule has 0 radical (unpaired) electrons. The number of ether oxygens (including phenoxy) is 1. The summed E-state index contributed by atoms with van der Waals surface area (Å²) in [7, 11) is 1.91. The van der Waals surface area contributed by atoms with Crippen molar-refractivity contribution in [3.63, 3.8) is 0 Å². The van der Waals surface area contributed by atoms with E-state index in [2.05, 4.69) is 5.32 Å². The van der Waals surface area contributed by atoms with E-state index in [1.165, 1.54) is 0 Å². The number of hydrogen-bond acceptors (Lipinski definition) is 3. The summed E-state index contributed by atoms with van der Waals surface area (Å²) in [5.74, 6) is 0. The Kier molecular flexibility index (Phi) is 3.87. The molecule has 4 heteroatoms. The van der Waals surface area contributed by atoms with Crippen LogP contribution in [0.1, 0.15) is 12.8 Å². The zero-order valence-electron chi connectivity index (χ0n) is 7.51. The second-order valence-electron chi connectivity index (χ2n) is 2.91.